The highest BCUT2D eigenvalue weighted by molar-refractivity contribution is 5.78. The Balaban J connectivity index is 1.49. The Morgan fingerprint density at radius 2 is 1.88 bits per heavy atom. The first-order valence-corrected chi connectivity index (χ1v) is 9.57. The third-order valence-electron chi connectivity index (χ3n) is 5.44. The van der Waals surface area contributed by atoms with Gasteiger partial charge in [0.25, 0.3) is 0 Å². The fourth-order valence-electron chi connectivity index (χ4n) is 3.87. The number of nitrogens with zero attached hydrogens (tertiary/aromatic N) is 3. The van der Waals surface area contributed by atoms with Gasteiger partial charge < -0.3 is 10.0 Å². The summed E-state index contributed by atoms with van der Waals surface area (Å²) in [6.07, 6.45) is 2.61. The summed E-state index contributed by atoms with van der Waals surface area (Å²) in [6, 6.07) is 8.54. The highest BCUT2D eigenvalue weighted by Gasteiger charge is 2.24. The summed E-state index contributed by atoms with van der Waals surface area (Å²) < 4.78 is 0. The summed E-state index contributed by atoms with van der Waals surface area (Å²) in [5, 5.41) is 9.77. The fraction of sp³-hybridized carbons (Fsp3) is 0.650. The third kappa shape index (κ3) is 5.27. The van der Waals surface area contributed by atoms with Gasteiger partial charge in [0.1, 0.15) is 0 Å². The average Bonchev–Trinajstić information content (AvgIpc) is 2.83. The lowest BCUT2D eigenvalue weighted by Crippen LogP contribution is -2.46. The minimum Gasteiger partial charge on any atom is -0.392 e. The van der Waals surface area contributed by atoms with Crippen molar-refractivity contribution in [1.29, 1.82) is 0 Å². The van der Waals surface area contributed by atoms with Crippen molar-refractivity contribution in [3.05, 3.63) is 35.4 Å². The maximum absolute atomic E-state index is 12.6. The number of benzene rings is 1. The number of aliphatic hydroxyl groups excluding tert-OH is 1. The quantitative estimate of drug-likeness (QED) is 0.898. The summed E-state index contributed by atoms with van der Waals surface area (Å²) in [7, 11) is 0. The summed E-state index contributed by atoms with van der Waals surface area (Å²) in [5.74, 6) is 0.215. The Bertz CT molecular complexity index is 578. The van der Waals surface area contributed by atoms with Crippen LogP contribution < -0.4 is 0 Å². The number of amides is 1. The van der Waals surface area contributed by atoms with Crippen LogP contribution in [0.15, 0.2) is 24.3 Å². The van der Waals surface area contributed by atoms with Crippen LogP contribution in [0.4, 0.5) is 0 Å². The first kappa shape index (κ1) is 18.4. The molecule has 2 fully saturated rings. The van der Waals surface area contributed by atoms with Crippen LogP contribution in [0.1, 0.15) is 30.4 Å². The minimum absolute atomic E-state index is 0.215. The van der Waals surface area contributed by atoms with E-state index in [1.165, 1.54) is 11.1 Å². The van der Waals surface area contributed by atoms with Crippen molar-refractivity contribution in [2.75, 3.05) is 45.8 Å². The molecule has 0 aliphatic carbocycles. The van der Waals surface area contributed by atoms with Crippen LogP contribution in [-0.4, -0.2) is 77.6 Å². The van der Waals surface area contributed by atoms with E-state index in [0.717, 1.165) is 58.5 Å². The van der Waals surface area contributed by atoms with Crippen LogP contribution in [0.5, 0.6) is 0 Å². The van der Waals surface area contributed by atoms with Gasteiger partial charge in [0.15, 0.2) is 0 Å². The molecule has 5 nitrogen and oxygen atoms in total. The molecular weight excluding hydrogens is 314 g/mol. The van der Waals surface area contributed by atoms with Gasteiger partial charge in [-0.2, -0.15) is 0 Å². The van der Waals surface area contributed by atoms with Crippen molar-refractivity contribution in [2.24, 2.45) is 0 Å². The van der Waals surface area contributed by atoms with Crippen LogP contribution in [-0.2, 0) is 11.3 Å². The molecule has 0 spiro atoms. The lowest BCUT2D eigenvalue weighted by molar-refractivity contribution is -0.133. The number of rotatable bonds is 4. The van der Waals surface area contributed by atoms with Crippen molar-refractivity contribution in [2.45, 2.75) is 38.8 Å². The predicted molar refractivity (Wildman–Crippen MR) is 99.3 cm³/mol. The molecule has 2 saturated heterocycles. The zero-order valence-corrected chi connectivity index (χ0v) is 15.4. The molecule has 0 radical (unpaired) electrons. The number of carbonyl (C=O) groups excluding carboxylic acids is 1. The molecule has 2 aliphatic rings. The number of likely N-dealkylation sites (tertiary alicyclic amines) is 1. The van der Waals surface area contributed by atoms with Crippen LogP contribution in [0, 0.1) is 6.92 Å². The number of aliphatic hydroxyl groups is 1. The van der Waals surface area contributed by atoms with E-state index in [1.54, 1.807) is 0 Å². The first-order chi connectivity index (χ1) is 12.1. The van der Waals surface area contributed by atoms with Crippen LogP contribution in [0.2, 0.25) is 0 Å². The van der Waals surface area contributed by atoms with Gasteiger partial charge in [0, 0.05) is 39.3 Å². The molecule has 1 N–H and O–H groups in total. The normalized spacial score (nSPS) is 23.4. The Morgan fingerprint density at radius 3 is 2.68 bits per heavy atom. The number of hydrogen-bond donors (Lipinski definition) is 1. The molecule has 5 heteroatoms. The average molecular weight is 345 g/mol. The van der Waals surface area contributed by atoms with Gasteiger partial charge in [-0.05, 0) is 43.9 Å². The SMILES string of the molecule is Cc1ccccc1CN1CCCN(C(=O)CN2CCCC(O)C2)CC1. The number of β-amino-alcohol motifs (C(OH)–C–C–N with tert-alkyl or cyclic N) is 1. The molecule has 3 rings (SSSR count). The van der Waals surface area contributed by atoms with E-state index in [0.29, 0.717) is 13.1 Å². The zero-order valence-electron chi connectivity index (χ0n) is 15.4. The van der Waals surface area contributed by atoms with Gasteiger partial charge in [-0.25, -0.2) is 0 Å². The molecule has 1 unspecified atom stereocenters. The molecule has 138 valence electrons. The maximum atomic E-state index is 12.6. The fourth-order valence-corrected chi connectivity index (χ4v) is 3.87. The molecular formula is C20H31N3O2. The van der Waals surface area contributed by atoms with Gasteiger partial charge in [-0.1, -0.05) is 24.3 Å². The largest absolute Gasteiger partial charge is 0.392 e. The van der Waals surface area contributed by atoms with Crippen molar-refractivity contribution >= 4 is 5.91 Å². The Kier molecular flexibility index (Phi) is 6.45. The van der Waals surface area contributed by atoms with Crippen molar-refractivity contribution in [1.82, 2.24) is 14.7 Å². The zero-order chi connectivity index (χ0) is 17.6. The molecule has 1 aromatic carbocycles. The van der Waals surface area contributed by atoms with Gasteiger partial charge in [0.2, 0.25) is 5.91 Å². The van der Waals surface area contributed by atoms with Crippen molar-refractivity contribution in [3.63, 3.8) is 0 Å². The third-order valence-corrected chi connectivity index (χ3v) is 5.44. The van der Waals surface area contributed by atoms with Crippen molar-refractivity contribution in [3.8, 4) is 0 Å². The number of hydrogen-bond acceptors (Lipinski definition) is 4. The molecule has 0 saturated carbocycles. The van der Waals surface area contributed by atoms with Crippen LogP contribution in [0.3, 0.4) is 0 Å². The summed E-state index contributed by atoms with van der Waals surface area (Å²) in [5.41, 5.74) is 2.72. The lowest BCUT2D eigenvalue weighted by Gasteiger charge is -2.31. The molecule has 1 amide bonds. The second-order valence-corrected chi connectivity index (χ2v) is 7.47. The van der Waals surface area contributed by atoms with Crippen LogP contribution in [0.25, 0.3) is 0 Å². The van der Waals surface area contributed by atoms with E-state index in [2.05, 4.69) is 41.0 Å². The molecule has 2 aliphatic heterocycles. The number of aryl methyl sites for hydroxylation is 1. The van der Waals surface area contributed by atoms with E-state index in [-0.39, 0.29) is 12.0 Å². The molecule has 1 atom stereocenters. The van der Waals surface area contributed by atoms with E-state index in [9.17, 15) is 9.90 Å². The molecule has 1 aromatic rings. The summed E-state index contributed by atoms with van der Waals surface area (Å²) in [4.78, 5) is 19.2. The Labute approximate surface area is 151 Å². The smallest absolute Gasteiger partial charge is 0.236 e. The predicted octanol–water partition coefficient (Wildman–Crippen LogP) is 1.49. The number of carbonyl (C=O) groups is 1. The van der Waals surface area contributed by atoms with E-state index in [4.69, 9.17) is 0 Å². The van der Waals surface area contributed by atoms with Gasteiger partial charge in [-0.15, -0.1) is 0 Å². The molecule has 0 aromatic heterocycles. The lowest BCUT2D eigenvalue weighted by atomic mass is 10.1. The standard InChI is InChI=1S/C20H31N3O2/c1-17-6-2-3-7-18(17)14-21-10-5-11-23(13-12-21)20(25)16-22-9-4-8-19(24)15-22/h2-3,6-7,19,24H,4-5,8-16H2,1H3. The Morgan fingerprint density at radius 1 is 1.08 bits per heavy atom. The minimum atomic E-state index is -0.268. The highest BCUT2D eigenvalue weighted by Crippen LogP contribution is 2.14. The second-order valence-electron chi connectivity index (χ2n) is 7.47. The summed E-state index contributed by atoms with van der Waals surface area (Å²) in [6.45, 7) is 8.77. The van der Waals surface area contributed by atoms with E-state index >= 15 is 0 Å². The van der Waals surface area contributed by atoms with E-state index < -0.39 is 0 Å². The first-order valence-electron chi connectivity index (χ1n) is 9.57. The van der Waals surface area contributed by atoms with E-state index in [1.807, 2.05) is 4.90 Å². The number of piperidine rings is 1. The molecule has 25 heavy (non-hydrogen) atoms. The maximum Gasteiger partial charge on any atom is 0.236 e. The van der Waals surface area contributed by atoms with Gasteiger partial charge in [-0.3, -0.25) is 14.6 Å². The van der Waals surface area contributed by atoms with Crippen LogP contribution >= 0.6 is 0 Å². The monoisotopic (exact) mass is 345 g/mol. The second kappa shape index (κ2) is 8.79. The summed E-state index contributed by atoms with van der Waals surface area (Å²) >= 11 is 0. The topological polar surface area (TPSA) is 47.0 Å². The highest BCUT2D eigenvalue weighted by atomic mass is 16.3. The molecule has 2 heterocycles. The van der Waals surface area contributed by atoms with Gasteiger partial charge >= 0.3 is 0 Å². The van der Waals surface area contributed by atoms with Crippen molar-refractivity contribution < 1.29 is 9.90 Å². The molecule has 0 bridgehead atoms. The Hall–Kier alpha value is -1.43. The van der Waals surface area contributed by atoms with Gasteiger partial charge in [0.05, 0.1) is 12.6 Å².